The lowest BCUT2D eigenvalue weighted by molar-refractivity contribution is -0.121. The molecule has 2 heterocycles. The van der Waals surface area contributed by atoms with E-state index in [1.165, 1.54) is 28.0 Å². The van der Waals surface area contributed by atoms with Gasteiger partial charge in [-0.1, -0.05) is 12.1 Å². The molecule has 0 N–H and O–H groups in total. The van der Waals surface area contributed by atoms with Crippen molar-refractivity contribution < 1.29 is 14.3 Å². The van der Waals surface area contributed by atoms with E-state index in [0.717, 1.165) is 5.56 Å². The monoisotopic (exact) mass is 361 g/mol. The SMILES string of the molecule is COc1cccc(/C=C2\S/C(=N/c3nccs3)N(C)C2=O)c1OC. The number of benzene rings is 1. The molecule has 1 aliphatic rings. The molecular weight excluding hydrogens is 346 g/mol. The van der Waals surface area contributed by atoms with E-state index in [4.69, 9.17) is 9.47 Å². The van der Waals surface area contributed by atoms with E-state index in [1.807, 2.05) is 23.6 Å². The van der Waals surface area contributed by atoms with E-state index in [9.17, 15) is 4.79 Å². The predicted molar refractivity (Wildman–Crippen MR) is 97.1 cm³/mol. The van der Waals surface area contributed by atoms with Gasteiger partial charge >= 0.3 is 0 Å². The van der Waals surface area contributed by atoms with Crippen LogP contribution in [0, 0.1) is 0 Å². The van der Waals surface area contributed by atoms with Gasteiger partial charge in [-0.2, -0.15) is 4.99 Å². The Labute approximate surface area is 147 Å². The zero-order valence-electron chi connectivity index (χ0n) is 13.3. The molecule has 24 heavy (non-hydrogen) atoms. The maximum atomic E-state index is 12.5. The fourth-order valence-corrected chi connectivity index (χ4v) is 3.69. The van der Waals surface area contributed by atoms with Crippen LogP contribution in [0.4, 0.5) is 5.13 Å². The fourth-order valence-electron chi connectivity index (χ4n) is 2.17. The Bertz CT molecular complexity index is 816. The zero-order chi connectivity index (χ0) is 17.1. The summed E-state index contributed by atoms with van der Waals surface area (Å²) in [5.41, 5.74) is 0.775. The minimum absolute atomic E-state index is 0.111. The minimum Gasteiger partial charge on any atom is -0.493 e. The van der Waals surface area contributed by atoms with Crippen molar-refractivity contribution in [2.24, 2.45) is 4.99 Å². The molecule has 8 heteroatoms. The molecule has 124 valence electrons. The van der Waals surface area contributed by atoms with Crippen molar-refractivity contribution in [2.45, 2.75) is 0 Å². The number of amides is 1. The molecule has 0 spiro atoms. The van der Waals surface area contributed by atoms with Crippen LogP contribution in [0.25, 0.3) is 6.08 Å². The molecule has 1 fully saturated rings. The highest BCUT2D eigenvalue weighted by atomic mass is 32.2. The minimum atomic E-state index is -0.111. The molecule has 0 aliphatic carbocycles. The number of ether oxygens (including phenoxy) is 2. The molecule has 0 saturated carbocycles. The van der Waals surface area contributed by atoms with Gasteiger partial charge in [-0.05, 0) is 23.9 Å². The summed E-state index contributed by atoms with van der Waals surface area (Å²) in [4.78, 5) is 23.1. The van der Waals surface area contributed by atoms with Crippen molar-refractivity contribution in [1.82, 2.24) is 9.88 Å². The summed E-state index contributed by atoms with van der Waals surface area (Å²) < 4.78 is 10.7. The molecule has 1 aliphatic heterocycles. The molecule has 1 aromatic carbocycles. The molecule has 1 amide bonds. The van der Waals surface area contributed by atoms with Crippen LogP contribution in [0.1, 0.15) is 5.56 Å². The van der Waals surface area contributed by atoms with E-state index in [1.54, 1.807) is 33.5 Å². The number of thiazole rings is 1. The number of hydrogen-bond acceptors (Lipinski definition) is 7. The van der Waals surface area contributed by atoms with Gasteiger partial charge in [-0.25, -0.2) is 4.98 Å². The largest absolute Gasteiger partial charge is 0.493 e. The highest BCUT2D eigenvalue weighted by molar-refractivity contribution is 8.18. The number of likely N-dealkylation sites (N-methyl/N-ethyl adjacent to an activating group) is 1. The van der Waals surface area contributed by atoms with E-state index >= 15 is 0 Å². The molecule has 1 aromatic heterocycles. The average Bonchev–Trinajstić information content (AvgIpc) is 3.19. The Hall–Kier alpha value is -2.32. The summed E-state index contributed by atoms with van der Waals surface area (Å²) in [6.45, 7) is 0. The Balaban J connectivity index is 1.96. The third-order valence-electron chi connectivity index (χ3n) is 3.33. The number of para-hydroxylation sites is 1. The lowest BCUT2D eigenvalue weighted by Gasteiger charge is -2.10. The molecular formula is C16H15N3O3S2. The number of methoxy groups -OCH3 is 2. The summed E-state index contributed by atoms with van der Waals surface area (Å²) >= 11 is 2.73. The van der Waals surface area contributed by atoms with Crippen LogP contribution in [0.15, 0.2) is 39.7 Å². The number of hydrogen-bond donors (Lipinski definition) is 0. The second-order valence-electron chi connectivity index (χ2n) is 4.77. The number of rotatable bonds is 4. The maximum absolute atomic E-state index is 12.5. The van der Waals surface area contributed by atoms with Crippen LogP contribution in [-0.4, -0.2) is 42.2 Å². The molecule has 2 aromatic rings. The second kappa shape index (κ2) is 7.06. The van der Waals surface area contributed by atoms with Gasteiger partial charge in [0.05, 0.1) is 19.1 Å². The lowest BCUT2D eigenvalue weighted by atomic mass is 10.1. The van der Waals surface area contributed by atoms with Crippen molar-refractivity contribution >= 4 is 45.4 Å². The first-order chi connectivity index (χ1) is 11.6. The Kier molecular flexibility index (Phi) is 4.86. The first-order valence-electron chi connectivity index (χ1n) is 7.01. The van der Waals surface area contributed by atoms with Crippen molar-refractivity contribution in [3.63, 3.8) is 0 Å². The van der Waals surface area contributed by atoms with Gasteiger partial charge in [0.25, 0.3) is 5.91 Å². The Morgan fingerprint density at radius 3 is 2.79 bits per heavy atom. The van der Waals surface area contributed by atoms with E-state index in [-0.39, 0.29) is 5.91 Å². The van der Waals surface area contributed by atoms with E-state index in [2.05, 4.69) is 9.98 Å². The van der Waals surface area contributed by atoms with E-state index < -0.39 is 0 Å². The standard InChI is InChI=1S/C16H15N3O3S2/c1-19-14(20)12(24-16(19)18-15-17-7-8-23-15)9-10-5-4-6-11(21-2)13(10)22-3/h4-9H,1-3H3/b12-9-,18-16+. The van der Waals surface area contributed by atoms with Crippen LogP contribution < -0.4 is 9.47 Å². The summed E-state index contributed by atoms with van der Waals surface area (Å²) in [6, 6.07) is 5.54. The van der Waals surface area contributed by atoms with Crippen LogP contribution >= 0.6 is 23.1 Å². The highest BCUT2D eigenvalue weighted by Crippen LogP contribution is 2.37. The first kappa shape index (κ1) is 16.5. The quantitative estimate of drug-likeness (QED) is 0.781. The molecule has 0 radical (unpaired) electrons. The number of nitrogens with zero attached hydrogens (tertiary/aromatic N) is 3. The molecule has 0 bridgehead atoms. The average molecular weight is 361 g/mol. The summed E-state index contributed by atoms with van der Waals surface area (Å²) in [5, 5.41) is 3.07. The van der Waals surface area contributed by atoms with Gasteiger partial charge in [-0.15, -0.1) is 11.3 Å². The zero-order valence-corrected chi connectivity index (χ0v) is 15.0. The van der Waals surface area contributed by atoms with Gasteiger partial charge in [0.1, 0.15) is 0 Å². The number of aliphatic imine (C=N–C) groups is 1. The molecule has 6 nitrogen and oxygen atoms in total. The topological polar surface area (TPSA) is 64.0 Å². The third-order valence-corrected chi connectivity index (χ3v) is 5.06. The van der Waals surface area contributed by atoms with Crippen LogP contribution in [0.2, 0.25) is 0 Å². The van der Waals surface area contributed by atoms with Crippen molar-refractivity contribution in [3.05, 3.63) is 40.2 Å². The Morgan fingerprint density at radius 1 is 1.29 bits per heavy atom. The summed E-state index contributed by atoms with van der Waals surface area (Å²) in [6.07, 6.45) is 3.47. The molecule has 1 saturated heterocycles. The number of aromatic nitrogens is 1. The Morgan fingerprint density at radius 2 is 2.12 bits per heavy atom. The van der Waals surface area contributed by atoms with Crippen LogP contribution in [-0.2, 0) is 4.79 Å². The fraction of sp³-hybridized carbons (Fsp3) is 0.188. The van der Waals surface area contributed by atoms with Gasteiger partial charge in [0.2, 0.25) is 5.13 Å². The number of carbonyl (C=O) groups is 1. The predicted octanol–water partition coefficient (Wildman–Crippen LogP) is 3.39. The highest BCUT2D eigenvalue weighted by Gasteiger charge is 2.31. The van der Waals surface area contributed by atoms with Gasteiger partial charge < -0.3 is 9.47 Å². The van der Waals surface area contributed by atoms with Crippen LogP contribution in [0.3, 0.4) is 0 Å². The number of thioether (sulfide) groups is 1. The molecule has 0 atom stereocenters. The van der Waals surface area contributed by atoms with Gasteiger partial charge in [0.15, 0.2) is 16.7 Å². The third kappa shape index (κ3) is 3.15. The van der Waals surface area contributed by atoms with Crippen molar-refractivity contribution in [3.8, 4) is 11.5 Å². The normalized spacial score (nSPS) is 17.8. The summed E-state index contributed by atoms with van der Waals surface area (Å²) in [5.74, 6) is 1.10. The smallest absolute Gasteiger partial charge is 0.266 e. The summed E-state index contributed by atoms with van der Waals surface area (Å²) in [7, 11) is 4.85. The molecule has 0 unspecified atom stereocenters. The van der Waals surface area contributed by atoms with Gasteiger partial charge in [-0.3, -0.25) is 9.69 Å². The number of carbonyl (C=O) groups excluding carboxylic acids is 1. The van der Waals surface area contributed by atoms with Crippen LogP contribution in [0.5, 0.6) is 11.5 Å². The maximum Gasteiger partial charge on any atom is 0.266 e. The first-order valence-corrected chi connectivity index (χ1v) is 8.70. The van der Waals surface area contributed by atoms with Crippen molar-refractivity contribution in [2.75, 3.05) is 21.3 Å². The van der Waals surface area contributed by atoms with Gasteiger partial charge in [0, 0.05) is 24.2 Å². The second-order valence-corrected chi connectivity index (χ2v) is 6.65. The van der Waals surface area contributed by atoms with Crippen molar-refractivity contribution in [1.29, 1.82) is 0 Å². The molecule has 3 rings (SSSR count). The number of amidine groups is 1. The van der Waals surface area contributed by atoms with E-state index in [0.29, 0.717) is 26.7 Å². The lowest BCUT2D eigenvalue weighted by Crippen LogP contribution is -2.23.